The van der Waals surface area contributed by atoms with Crippen LogP contribution in [-0.2, 0) is 0 Å². The minimum Gasteiger partial charge on any atom is -0.452 e. The van der Waals surface area contributed by atoms with Gasteiger partial charge in [-0.1, -0.05) is 158 Å². The first-order valence-electron chi connectivity index (χ1n) is 19.8. The summed E-state index contributed by atoms with van der Waals surface area (Å²) in [5.41, 5.74) is 19.1. The molecule has 0 unspecified atom stereocenters. The monoisotopic (exact) mass is 740 g/mol. The molecule has 58 heavy (non-hydrogen) atoms. The summed E-state index contributed by atoms with van der Waals surface area (Å²) >= 11 is 0. The second kappa shape index (κ2) is 11.8. The van der Waals surface area contributed by atoms with Gasteiger partial charge in [0.25, 0.3) is 0 Å². The first-order valence-corrected chi connectivity index (χ1v) is 19.8. The molecular formula is C54H32N2O2. The number of fused-ring (bicyclic) bond motifs is 12. The number of aromatic nitrogens is 2. The zero-order chi connectivity index (χ0) is 37.9. The summed E-state index contributed by atoms with van der Waals surface area (Å²) in [6.07, 6.45) is 0. The van der Waals surface area contributed by atoms with Crippen LogP contribution in [0.15, 0.2) is 203 Å². The van der Waals surface area contributed by atoms with Gasteiger partial charge in [0.2, 0.25) is 0 Å². The maximum absolute atomic E-state index is 7.12. The highest BCUT2D eigenvalue weighted by atomic mass is 16.3. The van der Waals surface area contributed by atoms with Gasteiger partial charge in [-0.15, -0.1) is 0 Å². The Kier molecular flexibility index (Phi) is 6.41. The fourth-order valence-corrected chi connectivity index (χ4v) is 9.62. The van der Waals surface area contributed by atoms with Crippen LogP contribution in [0.4, 0.5) is 0 Å². The molecule has 0 aliphatic heterocycles. The third-order valence-electron chi connectivity index (χ3n) is 12.1. The molecule has 0 N–H and O–H groups in total. The van der Waals surface area contributed by atoms with E-state index in [9.17, 15) is 0 Å². The lowest BCUT2D eigenvalue weighted by atomic mass is 9.94. The smallest absolute Gasteiger partial charge is 0.162 e. The molecule has 9 aromatic carbocycles. The zero-order valence-electron chi connectivity index (χ0n) is 31.2. The average molecular weight is 741 g/mol. The molecule has 0 amide bonds. The van der Waals surface area contributed by atoms with E-state index in [1.54, 1.807) is 0 Å². The molecule has 0 atom stereocenters. The van der Waals surface area contributed by atoms with Crippen molar-refractivity contribution in [2.75, 3.05) is 0 Å². The summed E-state index contributed by atoms with van der Waals surface area (Å²) in [6, 6.07) is 69.2. The Hall–Kier alpha value is -7.82. The van der Waals surface area contributed by atoms with Crippen LogP contribution in [0.3, 0.4) is 0 Å². The Morgan fingerprint density at radius 3 is 1.09 bits per heavy atom. The van der Waals surface area contributed by atoms with Crippen molar-refractivity contribution in [1.82, 2.24) is 8.80 Å². The van der Waals surface area contributed by atoms with E-state index in [-0.39, 0.29) is 0 Å². The molecule has 0 bridgehead atoms. The van der Waals surface area contributed by atoms with Crippen LogP contribution < -0.4 is 0 Å². The van der Waals surface area contributed by atoms with Gasteiger partial charge in [-0.3, -0.25) is 0 Å². The zero-order valence-corrected chi connectivity index (χ0v) is 31.2. The molecule has 4 heteroatoms. The van der Waals surface area contributed by atoms with Crippen molar-refractivity contribution in [3.05, 3.63) is 194 Å². The molecule has 4 nitrogen and oxygen atoms in total. The lowest BCUT2D eigenvalue weighted by Crippen LogP contribution is -1.93. The molecule has 4 heterocycles. The fraction of sp³-hybridized carbons (Fsp3) is 0. The molecule has 13 rings (SSSR count). The van der Waals surface area contributed by atoms with Crippen LogP contribution in [0.2, 0.25) is 0 Å². The van der Waals surface area contributed by atoms with Crippen molar-refractivity contribution in [2.24, 2.45) is 0 Å². The Bertz CT molecular complexity index is 3540. The number of nitrogens with zero attached hydrogens (tertiary/aromatic N) is 2. The Morgan fingerprint density at radius 1 is 0.293 bits per heavy atom. The van der Waals surface area contributed by atoms with Crippen LogP contribution in [0.5, 0.6) is 0 Å². The number of para-hydroxylation sites is 4. The fourth-order valence-electron chi connectivity index (χ4n) is 9.62. The highest BCUT2D eigenvalue weighted by Crippen LogP contribution is 2.49. The van der Waals surface area contributed by atoms with Gasteiger partial charge < -0.3 is 17.6 Å². The Morgan fingerprint density at radius 2 is 0.655 bits per heavy atom. The second-order valence-corrected chi connectivity index (χ2v) is 15.2. The first-order chi connectivity index (χ1) is 28.8. The summed E-state index contributed by atoms with van der Waals surface area (Å²) in [5, 5.41) is 4.32. The summed E-state index contributed by atoms with van der Waals surface area (Å²) in [7, 11) is 0. The van der Waals surface area contributed by atoms with E-state index in [0.717, 1.165) is 88.1 Å². The molecule has 270 valence electrons. The maximum atomic E-state index is 7.12. The van der Waals surface area contributed by atoms with Gasteiger partial charge in [0, 0.05) is 10.8 Å². The lowest BCUT2D eigenvalue weighted by Gasteiger charge is -2.11. The third-order valence-corrected chi connectivity index (χ3v) is 12.1. The highest BCUT2D eigenvalue weighted by molar-refractivity contribution is 6.35. The topological polar surface area (TPSA) is 35.1 Å². The molecular weight excluding hydrogens is 709 g/mol. The van der Waals surface area contributed by atoms with Gasteiger partial charge in [-0.25, -0.2) is 0 Å². The summed E-state index contributed by atoms with van der Waals surface area (Å²) in [4.78, 5) is 0. The van der Waals surface area contributed by atoms with Crippen molar-refractivity contribution >= 4 is 77.0 Å². The third kappa shape index (κ3) is 4.29. The minimum atomic E-state index is 0.825. The van der Waals surface area contributed by atoms with E-state index < -0.39 is 0 Å². The van der Waals surface area contributed by atoms with E-state index in [1.807, 2.05) is 0 Å². The summed E-state index contributed by atoms with van der Waals surface area (Å²) < 4.78 is 19.0. The number of hydrogen-bond acceptors (Lipinski definition) is 2. The van der Waals surface area contributed by atoms with Crippen molar-refractivity contribution in [2.45, 2.75) is 0 Å². The minimum absolute atomic E-state index is 0.825. The standard InChI is InChI=1S/C54H32N2O2/c1-3-15-33(16-4-1)37-19-7-9-21-39(37)35-27-29-41-45(31-35)55-43-23-11-13-25-47(43)57-54-50-42-30-28-36(40-22-10-8-20-38(40)34-17-5-2-6-18-34)32-46(42)56-44-24-12-14-26-48(44)58-53(52(50)56)49(41)51(54)55/h1-32H. The molecule has 0 spiro atoms. The molecule has 0 fully saturated rings. The Labute approximate surface area is 332 Å². The van der Waals surface area contributed by atoms with Crippen molar-refractivity contribution in [1.29, 1.82) is 0 Å². The maximum Gasteiger partial charge on any atom is 0.162 e. The van der Waals surface area contributed by atoms with Crippen molar-refractivity contribution in [3.8, 4) is 44.5 Å². The molecule has 4 aromatic heterocycles. The van der Waals surface area contributed by atoms with E-state index in [0.29, 0.717) is 0 Å². The van der Waals surface area contributed by atoms with Gasteiger partial charge in [0.05, 0.1) is 32.8 Å². The largest absolute Gasteiger partial charge is 0.452 e. The number of benzene rings is 9. The van der Waals surface area contributed by atoms with E-state index >= 15 is 0 Å². The normalized spacial score (nSPS) is 12.1. The summed E-state index contributed by atoms with van der Waals surface area (Å²) in [6.45, 7) is 0. The predicted octanol–water partition coefficient (Wildman–Crippen LogP) is 15.0. The van der Waals surface area contributed by atoms with Gasteiger partial charge >= 0.3 is 0 Å². The van der Waals surface area contributed by atoms with Crippen LogP contribution in [0.25, 0.3) is 121 Å². The van der Waals surface area contributed by atoms with Gasteiger partial charge in [-0.05, 0) is 80.9 Å². The average Bonchev–Trinajstić information content (AvgIpc) is 3.83. The highest BCUT2D eigenvalue weighted by Gasteiger charge is 2.28. The van der Waals surface area contributed by atoms with Crippen LogP contribution in [0.1, 0.15) is 0 Å². The predicted molar refractivity (Wildman–Crippen MR) is 240 cm³/mol. The van der Waals surface area contributed by atoms with Crippen LogP contribution in [-0.4, -0.2) is 8.80 Å². The Balaban J connectivity index is 1.18. The molecule has 0 saturated heterocycles. The first kappa shape index (κ1) is 31.4. The van der Waals surface area contributed by atoms with E-state index in [4.69, 9.17) is 8.83 Å². The van der Waals surface area contributed by atoms with Crippen molar-refractivity contribution < 1.29 is 8.83 Å². The molecule has 0 aliphatic carbocycles. The summed E-state index contributed by atoms with van der Waals surface area (Å²) in [5.74, 6) is 0. The second-order valence-electron chi connectivity index (χ2n) is 15.2. The quantitative estimate of drug-likeness (QED) is 0.168. The lowest BCUT2D eigenvalue weighted by molar-refractivity contribution is 0.653. The molecule has 0 aliphatic rings. The van der Waals surface area contributed by atoms with Crippen LogP contribution >= 0.6 is 0 Å². The van der Waals surface area contributed by atoms with Crippen molar-refractivity contribution in [3.63, 3.8) is 0 Å². The SMILES string of the molecule is c1ccc(-c2ccccc2-c2ccc3c4c5oc6ccccc6n6c7cc(-c8ccccc8-c8ccccc8)ccc7c(c7oc8ccccc8n(c3c2)c74)c56)cc1. The molecule has 13 aromatic rings. The van der Waals surface area contributed by atoms with Gasteiger partial charge in [0.1, 0.15) is 11.0 Å². The van der Waals surface area contributed by atoms with Gasteiger partial charge in [-0.2, -0.15) is 0 Å². The number of rotatable bonds is 4. The van der Waals surface area contributed by atoms with E-state index in [2.05, 4.69) is 203 Å². The van der Waals surface area contributed by atoms with Gasteiger partial charge in [0.15, 0.2) is 22.3 Å². The van der Waals surface area contributed by atoms with E-state index in [1.165, 1.54) is 33.4 Å². The molecule has 0 radical (unpaired) electrons. The van der Waals surface area contributed by atoms with Crippen LogP contribution in [0, 0.1) is 0 Å². The number of hydrogen-bond donors (Lipinski definition) is 0. The molecule has 0 saturated carbocycles.